The zero-order valence-electron chi connectivity index (χ0n) is 8.86. The van der Waals surface area contributed by atoms with Crippen molar-refractivity contribution < 1.29 is 14.5 Å². The molecule has 0 radical (unpaired) electrons. The topological polar surface area (TPSA) is 69.4 Å². The number of rotatable bonds is 6. The molecular formula is C9H17NO4. The first-order valence-electron chi connectivity index (χ1n) is 4.83. The lowest BCUT2D eigenvalue weighted by Gasteiger charge is -2.11. The molecule has 0 rings (SSSR count). The summed E-state index contributed by atoms with van der Waals surface area (Å²) < 4.78 is 4.79. The normalized spacial score (nSPS) is 12.6. The second-order valence-corrected chi connectivity index (χ2v) is 3.43. The fourth-order valence-electron chi connectivity index (χ4n) is 1.02. The van der Waals surface area contributed by atoms with E-state index in [9.17, 15) is 14.9 Å². The number of carbonyl (C=O) groups is 1. The van der Waals surface area contributed by atoms with Gasteiger partial charge in [0.25, 0.3) is 0 Å². The molecule has 1 unspecified atom stereocenters. The van der Waals surface area contributed by atoms with Crippen molar-refractivity contribution in [1.82, 2.24) is 0 Å². The maximum Gasteiger partial charge on any atom is 0.381 e. The van der Waals surface area contributed by atoms with Gasteiger partial charge in [-0.2, -0.15) is 0 Å². The maximum atomic E-state index is 11.2. The predicted molar refractivity (Wildman–Crippen MR) is 51.5 cm³/mol. The molecule has 0 spiro atoms. The molecule has 0 aromatic carbocycles. The zero-order chi connectivity index (χ0) is 11.1. The molecule has 0 aromatic rings. The van der Waals surface area contributed by atoms with E-state index in [-0.39, 0.29) is 12.5 Å². The first-order valence-corrected chi connectivity index (χ1v) is 4.83. The number of nitrogens with zero attached hydrogens (tertiary/aromatic N) is 1. The quantitative estimate of drug-likeness (QED) is 0.375. The molecule has 0 amide bonds. The molecule has 0 fully saturated rings. The van der Waals surface area contributed by atoms with Crippen LogP contribution in [0.25, 0.3) is 0 Å². The minimum atomic E-state index is -1.20. The highest BCUT2D eigenvalue weighted by Gasteiger charge is 2.31. The summed E-state index contributed by atoms with van der Waals surface area (Å²) in [5, 5.41) is 10.5. The van der Waals surface area contributed by atoms with Crippen LogP contribution in [0.3, 0.4) is 0 Å². The van der Waals surface area contributed by atoms with E-state index in [1.54, 1.807) is 13.8 Å². The van der Waals surface area contributed by atoms with Crippen molar-refractivity contribution in [3.8, 4) is 0 Å². The van der Waals surface area contributed by atoms with Crippen LogP contribution in [-0.2, 0) is 9.53 Å². The number of esters is 1. The highest BCUT2D eigenvalue weighted by Crippen LogP contribution is 2.07. The first-order chi connectivity index (χ1) is 6.49. The molecule has 0 heterocycles. The van der Waals surface area contributed by atoms with Crippen molar-refractivity contribution in [2.24, 2.45) is 0 Å². The van der Waals surface area contributed by atoms with E-state index < -0.39 is 16.9 Å². The first kappa shape index (κ1) is 12.9. The summed E-state index contributed by atoms with van der Waals surface area (Å²) in [6.07, 6.45) is 1.46. The summed E-state index contributed by atoms with van der Waals surface area (Å²) in [7, 11) is 0. The van der Waals surface area contributed by atoms with Gasteiger partial charge < -0.3 is 4.74 Å². The van der Waals surface area contributed by atoms with E-state index in [2.05, 4.69) is 0 Å². The van der Waals surface area contributed by atoms with Gasteiger partial charge in [-0.25, -0.2) is 4.79 Å². The van der Waals surface area contributed by atoms with Crippen LogP contribution in [0, 0.1) is 10.1 Å². The van der Waals surface area contributed by atoms with Crippen LogP contribution in [0.5, 0.6) is 0 Å². The lowest BCUT2D eigenvalue weighted by Crippen LogP contribution is -2.32. The van der Waals surface area contributed by atoms with Gasteiger partial charge in [-0.1, -0.05) is 13.3 Å². The second-order valence-electron chi connectivity index (χ2n) is 3.43. The Morgan fingerprint density at radius 2 is 2.07 bits per heavy atom. The van der Waals surface area contributed by atoms with Crippen LogP contribution in [0.2, 0.25) is 0 Å². The smallest absolute Gasteiger partial charge is 0.381 e. The summed E-state index contributed by atoms with van der Waals surface area (Å²) >= 11 is 0. The van der Waals surface area contributed by atoms with Gasteiger partial charge in [0, 0.05) is 11.3 Å². The molecule has 0 N–H and O–H groups in total. The van der Waals surface area contributed by atoms with Crippen molar-refractivity contribution in [2.45, 2.75) is 52.2 Å². The number of unbranched alkanes of at least 4 members (excludes halogenated alkanes) is 1. The van der Waals surface area contributed by atoms with Crippen LogP contribution in [0.1, 0.15) is 40.0 Å². The molecule has 14 heavy (non-hydrogen) atoms. The molecule has 0 saturated heterocycles. The standard InChI is InChI=1S/C9H17NO4/c1-4-5-6-8(10(12)13)9(11)14-7(2)3/h7-8H,4-6H2,1-3H3. The van der Waals surface area contributed by atoms with Gasteiger partial charge in [-0.15, -0.1) is 0 Å². The monoisotopic (exact) mass is 203 g/mol. The van der Waals surface area contributed by atoms with Crippen molar-refractivity contribution in [2.75, 3.05) is 0 Å². The summed E-state index contributed by atoms with van der Waals surface area (Å²) in [4.78, 5) is 21.2. The van der Waals surface area contributed by atoms with E-state index >= 15 is 0 Å². The predicted octanol–water partition coefficient (Wildman–Crippen LogP) is 1.77. The Balaban J connectivity index is 4.19. The fourth-order valence-corrected chi connectivity index (χ4v) is 1.02. The Morgan fingerprint density at radius 1 is 1.50 bits per heavy atom. The van der Waals surface area contributed by atoms with E-state index in [1.165, 1.54) is 0 Å². The van der Waals surface area contributed by atoms with Crippen molar-refractivity contribution >= 4 is 5.97 Å². The van der Waals surface area contributed by atoms with Gasteiger partial charge in [0.2, 0.25) is 0 Å². The second kappa shape index (κ2) is 6.34. The Bertz CT molecular complexity index is 203. The van der Waals surface area contributed by atoms with Crippen molar-refractivity contribution in [3.05, 3.63) is 10.1 Å². The average molecular weight is 203 g/mol. The molecule has 0 aliphatic rings. The Morgan fingerprint density at radius 3 is 2.43 bits per heavy atom. The lowest BCUT2D eigenvalue weighted by atomic mass is 10.1. The highest BCUT2D eigenvalue weighted by molar-refractivity contribution is 5.74. The van der Waals surface area contributed by atoms with Gasteiger partial charge in [0.15, 0.2) is 0 Å². The van der Waals surface area contributed by atoms with Crippen LogP contribution in [0.4, 0.5) is 0 Å². The largest absolute Gasteiger partial charge is 0.458 e. The minimum absolute atomic E-state index is 0.259. The average Bonchev–Trinajstić information content (AvgIpc) is 2.02. The Labute approximate surface area is 83.6 Å². The van der Waals surface area contributed by atoms with E-state index in [0.717, 1.165) is 6.42 Å². The summed E-state index contributed by atoms with van der Waals surface area (Å²) in [5.74, 6) is -0.724. The molecule has 5 heteroatoms. The third-order valence-electron chi connectivity index (χ3n) is 1.71. The van der Waals surface area contributed by atoms with Crippen LogP contribution < -0.4 is 0 Å². The molecule has 0 aliphatic carbocycles. The van der Waals surface area contributed by atoms with Gasteiger partial charge >= 0.3 is 12.0 Å². The highest BCUT2D eigenvalue weighted by atomic mass is 16.6. The van der Waals surface area contributed by atoms with Crippen molar-refractivity contribution in [3.63, 3.8) is 0 Å². The summed E-state index contributed by atoms with van der Waals surface area (Å²) in [6, 6.07) is -1.20. The molecule has 0 aromatic heterocycles. The van der Waals surface area contributed by atoms with Crippen LogP contribution >= 0.6 is 0 Å². The molecule has 82 valence electrons. The molecular weight excluding hydrogens is 186 g/mol. The summed E-state index contributed by atoms with van der Waals surface area (Å²) in [5.41, 5.74) is 0. The SMILES string of the molecule is CCCCC(C(=O)OC(C)C)[N+](=O)[O-]. The molecule has 0 aliphatic heterocycles. The number of nitro groups is 1. The molecule has 5 nitrogen and oxygen atoms in total. The number of hydrogen-bond donors (Lipinski definition) is 0. The van der Waals surface area contributed by atoms with Crippen LogP contribution in [0.15, 0.2) is 0 Å². The van der Waals surface area contributed by atoms with E-state index in [0.29, 0.717) is 6.42 Å². The van der Waals surface area contributed by atoms with Gasteiger partial charge in [0.1, 0.15) is 0 Å². The third-order valence-corrected chi connectivity index (χ3v) is 1.71. The van der Waals surface area contributed by atoms with Crippen molar-refractivity contribution in [1.29, 1.82) is 0 Å². The number of ether oxygens (including phenoxy) is 1. The Hall–Kier alpha value is -1.13. The zero-order valence-corrected chi connectivity index (χ0v) is 8.86. The number of carbonyl (C=O) groups excluding carboxylic acids is 1. The van der Waals surface area contributed by atoms with Gasteiger partial charge in [-0.05, 0) is 20.3 Å². The minimum Gasteiger partial charge on any atom is -0.458 e. The molecule has 0 saturated carbocycles. The molecule has 0 bridgehead atoms. The van der Waals surface area contributed by atoms with Gasteiger partial charge in [-0.3, -0.25) is 10.1 Å². The van der Waals surface area contributed by atoms with E-state index in [1.807, 2.05) is 6.92 Å². The fraction of sp³-hybridized carbons (Fsp3) is 0.889. The number of hydrogen-bond acceptors (Lipinski definition) is 4. The van der Waals surface area contributed by atoms with E-state index in [4.69, 9.17) is 4.74 Å². The lowest BCUT2D eigenvalue weighted by molar-refractivity contribution is -0.511. The Kier molecular flexibility index (Phi) is 5.83. The van der Waals surface area contributed by atoms with Crippen LogP contribution in [-0.4, -0.2) is 23.0 Å². The van der Waals surface area contributed by atoms with Gasteiger partial charge in [0.05, 0.1) is 6.10 Å². The summed E-state index contributed by atoms with van der Waals surface area (Å²) in [6.45, 7) is 5.27. The molecule has 1 atom stereocenters. The maximum absolute atomic E-state index is 11.2. The third kappa shape index (κ3) is 4.79.